The van der Waals surface area contributed by atoms with Crippen LogP contribution >= 0.6 is 11.8 Å². The number of nitrogens with one attached hydrogen (secondary N) is 1. The minimum Gasteiger partial charge on any atom is -0.341 e. The molecule has 1 amide bonds. The van der Waals surface area contributed by atoms with E-state index in [1.165, 1.54) is 0 Å². The maximum absolute atomic E-state index is 12.2. The summed E-state index contributed by atoms with van der Waals surface area (Å²) in [5, 5.41) is 3.27. The van der Waals surface area contributed by atoms with Crippen LogP contribution in [0.3, 0.4) is 0 Å². The number of carbonyl (C=O) groups is 1. The predicted octanol–water partition coefficient (Wildman–Crippen LogP) is 1.47. The zero-order chi connectivity index (χ0) is 11.1. The average molecular weight is 233 g/mol. The van der Waals surface area contributed by atoms with Crippen molar-refractivity contribution in [3.8, 4) is 0 Å². The van der Waals surface area contributed by atoms with E-state index in [-0.39, 0.29) is 5.91 Å². The van der Waals surface area contributed by atoms with Crippen molar-refractivity contribution in [2.75, 3.05) is 28.8 Å². The van der Waals surface area contributed by atoms with Gasteiger partial charge in [0.1, 0.15) is 0 Å². The molecule has 2 aliphatic rings. The number of fused-ring (bicyclic) bond motifs is 1. The molecular formula is C11H11N3OS. The maximum Gasteiger partial charge on any atom is 0.256 e. The van der Waals surface area contributed by atoms with Crippen molar-refractivity contribution >= 4 is 29.2 Å². The summed E-state index contributed by atoms with van der Waals surface area (Å²) >= 11 is 1.76. The highest BCUT2D eigenvalue weighted by molar-refractivity contribution is 8.00. The van der Waals surface area contributed by atoms with Gasteiger partial charge in [0, 0.05) is 36.0 Å². The van der Waals surface area contributed by atoms with Gasteiger partial charge in [-0.2, -0.15) is 11.8 Å². The largest absolute Gasteiger partial charge is 0.341 e. The number of nitrogens with zero attached hydrogens (tertiary/aromatic N) is 2. The lowest BCUT2D eigenvalue weighted by molar-refractivity contribution is -0.114. The fourth-order valence-corrected chi connectivity index (χ4v) is 3.00. The summed E-state index contributed by atoms with van der Waals surface area (Å²) in [4.78, 5) is 18.1. The van der Waals surface area contributed by atoms with Crippen molar-refractivity contribution in [3.05, 3.63) is 29.6 Å². The lowest BCUT2D eigenvalue weighted by atomic mass is 10.2. The Labute approximate surface area is 97.7 Å². The van der Waals surface area contributed by atoms with Gasteiger partial charge in [-0.05, 0) is 12.1 Å². The van der Waals surface area contributed by atoms with Gasteiger partial charge in [-0.15, -0.1) is 0 Å². The topological polar surface area (TPSA) is 45.2 Å². The Morgan fingerprint density at radius 3 is 3.25 bits per heavy atom. The Hall–Kier alpha value is -1.49. The smallest absolute Gasteiger partial charge is 0.256 e. The van der Waals surface area contributed by atoms with Gasteiger partial charge in [-0.1, -0.05) is 0 Å². The number of pyridine rings is 1. The molecule has 0 unspecified atom stereocenters. The summed E-state index contributed by atoms with van der Waals surface area (Å²) in [5.74, 6) is 2.51. The number of thioether (sulfide) groups is 1. The molecule has 0 radical (unpaired) electrons. The second-order valence-corrected chi connectivity index (χ2v) is 4.80. The molecule has 3 rings (SSSR count). The molecule has 0 saturated heterocycles. The maximum atomic E-state index is 12.2. The predicted molar refractivity (Wildman–Crippen MR) is 65.6 cm³/mol. The molecule has 0 bridgehead atoms. The molecule has 4 nitrogen and oxygen atoms in total. The first kappa shape index (κ1) is 9.72. The minimum absolute atomic E-state index is 0.0826. The van der Waals surface area contributed by atoms with Crippen molar-refractivity contribution in [3.63, 3.8) is 0 Å². The fourth-order valence-electron chi connectivity index (χ4n) is 1.95. The van der Waals surface area contributed by atoms with Crippen molar-refractivity contribution < 1.29 is 4.79 Å². The van der Waals surface area contributed by atoms with Crippen LogP contribution in [0.5, 0.6) is 0 Å². The van der Waals surface area contributed by atoms with Crippen LogP contribution in [0.15, 0.2) is 29.6 Å². The van der Waals surface area contributed by atoms with Gasteiger partial charge in [-0.3, -0.25) is 4.79 Å². The van der Waals surface area contributed by atoms with Gasteiger partial charge in [0.15, 0.2) is 5.82 Å². The van der Waals surface area contributed by atoms with Crippen molar-refractivity contribution in [2.45, 2.75) is 0 Å². The van der Waals surface area contributed by atoms with Gasteiger partial charge in [-0.25, -0.2) is 4.98 Å². The first-order valence-electron chi connectivity index (χ1n) is 5.07. The van der Waals surface area contributed by atoms with E-state index in [2.05, 4.69) is 10.3 Å². The highest BCUT2D eigenvalue weighted by Crippen LogP contribution is 2.34. The standard InChI is InChI=1S/C11H11N3OS/c1-14-9-3-2-4-12-10(9)13-8-6-16-5-7(8)11(14)15/h2-4H,5-6H2,1H3,(H,12,13). The van der Waals surface area contributed by atoms with E-state index in [0.717, 1.165) is 34.3 Å². The number of carbonyl (C=O) groups excluding carboxylic acids is 1. The van der Waals surface area contributed by atoms with Crippen LogP contribution in [0.2, 0.25) is 0 Å². The molecule has 0 aromatic carbocycles. The molecule has 16 heavy (non-hydrogen) atoms. The lowest BCUT2D eigenvalue weighted by Crippen LogP contribution is -2.27. The summed E-state index contributed by atoms with van der Waals surface area (Å²) in [6.45, 7) is 0. The quantitative estimate of drug-likeness (QED) is 0.737. The van der Waals surface area contributed by atoms with Crippen LogP contribution in [-0.2, 0) is 4.79 Å². The van der Waals surface area contributed by atoms with Gasteiger partial charge in [0.2, 0.25) is 0 Å². The molecule has 0 fully saturated rings. The number of hydrogen-bond acceptors (Lipinski definition) is 4. The normalized spacial score (nSPS) is 19.1. The third-order valence-corrected chi connectivity index (χ3v) is 3.82. The van der Waals surface area contributed by atoms with E-state index in [9.17, 15) is 4.79 Å². The minimum atomic E-state index is 0.0826. The summed E-state index contributed by atoms with van der Waals surface area (Å²) in [6, 6.07) is 3.75. The van der Waals surface area contributed by atoms with Crippen LogP contribution in [0.1, 0.15) is 0 Å². The highest BCUT2D eigenvalue weighted by Gasteiger charge is 2.29. The third-order valence-electron chi connectivity index (χ3n) is 2.84. The Morgan fingerprint density at radius 1 is 1.50 bits per heavy atom. The van der Waals surface area contributed by atoms with Gasteiger partial charge >= 0.3 is 0 Å². The molecule has 1 aromatic rings. The molecule has 5 heteroatoms. The van der Waals surface area contributed by atoms with Gasteiger partial charge in [0.05, 0.1) is 5.69 Å². The molecule has 0 atom stereocenters. The molecule has 0 saturated carbocycles. The average Bonchev–Trinajstić information content (AvgIpc) is 2.72. The summed E-state index contributed by atoms with van der Waals surface area (Å²) in [5.41, 5.74) is 2.73. The summed E-state index contributed by atoms with van der Waals surface area (Å²) in [7, 11) is 1.80. The Morgan fingerprint density at radius 2 is 2.38 bits per heavy atom. The zero-order valence-corrected chi connectivity index (χ0v) is 9.67. The molecule has 1 N–H and O–H groups in total. The van der Waals surface area contributed by atoms with E-state index < -0.39 is 0 Å². The first-order valence-corrected chi connectivity index (χ1v) is 6.22. The Bertz CT molecular complexity index is 498. The van der Waals surface area contributed by atoms with Crippen molar-refractivity contribution in [1.82, 2.24) is 4.98 Å². The number of anilines is 2. The number of rotatable bonds is 0. The van der Waals surface area contributed by atoms with Crippen molar-refractivity contribution in [2.24, 2.45) is 0 Å². The molecule has 3 heterocycles. The summed E-state index contributed by atoms with van der Waals surface area (Å²) in [6.07, 6.45) is 1.73. The first-order chi connectivity index (χ1) is 7.77. The number of hydrogen-bond donors (Lipinski definition) is 1. The van der Waals surface area contributed by atoms with Gasteiger partial charge in [0.25, 0.3) is 5.91 Å². The van der Waals surface area contributed by atoms with E-state index in [1.54, 1.807) is 29.9 Å². The van der Waals surface area contributed by atoms with E-state index in [0.29, 0.717) is 0 Å². The van der Waals surface area contributed by atoms with Crippen LogP contribution < -0.4 is 10.2 Å². The monoisotopic (exact) mass is 233 g/mol. The molecule has 1 aromatic heterocycles. The molecule has 0 spiro atoms. The Balaban J connectivity index is 2.15. The fraction of sp³-hybridized carbons (Fsp3) is 0.273. The van der Waals surface area contributed by atoms with Gasteiger partial charge < -0.3 is 10.2 Å². The second kappa shape index (κ2) is 3.52. The highest BCUT2D eigenvalue weighted by atomic mass is 32.2. The number of likely N-dealkylation sites (N-methyl/N-ethyl adjacent to an activating group) is 1. The van der Waals surface area contributed by atoms with Crippen LogP contribution in [0.4, 0.5) is 11.5 Å². The SMILES string of the molecule is CN1C(=O)C2=C(CSC2)Nc2ncccc21. The third kappa shape index (κ3) is 1.31. The lowest BCUT2D eigenvalue weighted by Gasteiger charge is -2.17. The number of amides is 1. The Kier molecular flexibility index (Phi) is 2.14. The molecule has 82 valence electrons. The second-order valence-electron chi connectivity index (χ2n) is 3.81. The zero-order valence-electron chi connectivity index (χ0n) is 8.86. The van der Waals surface area contributed by atoms with E-state index in [4.69, 9.17) is 0 Å². The number of aromatic nitrogens is 1. The molecule has 0 aliphatic carbocycles. The summed E-state index contributed by atoms with van der Waals surface area (Å²) < 4.78 is 0. The molecular weight excluding hydrogens is 222 g/mol. The van der Waals surface area contributed by atoms with E-state index >= 15 is 0 Å². The van der Waals surface area contributed by atoms with Crippen LogP contribution in [-0.4, -0.2) is 29.4 Å². The van der Waals surface area contributed by atoms with Crippen LogP contribution in [0.25, 0.3) is 0 Å². The molecule has 2 aliphatic heterocycles. The van der Waals surface area contributed by atoms with E-state index in [1.807, 2.05) is 12.1 Å². The van der Waals surface area contributed by atoms with Crippen LogP contribution in [0, 0.1) is 0 Å². The van der Waals surface area contributed by atoms with Crippen molar-refractivity contribution in [1.29, 1.82) is 0 Å².